The zero-order chi connectivity index (χ0) is 13.0. The summed E-state index contributed by atoms with van der Waals surface area (Å²) < 4.78 is 5.55. The van der Waals surface area contributed by atoms with Gasteiger partial charge >= 0.3 is 0 Å². The summed E-state index contributed by atoms with van der Waals surface area (Å²) in [4.78, 5) is 4.02. The fraction of sp³-hybridized carbons (Fsp3) is 0.400. The van der Waals surface area contributed by atoms with Crippen molar-refractivity contribution >= 4 is 0 Å². The highest BCUT2D eigenvalue weighted by Crippen LogP contribution is 2.20. The zero-order valence-corrected chi connectivity index (χ0v) is 11.2. The Bertz CT molecular complexity index is 490. The maximum atomic E-state index is 5.55. The molecule has 1 unspecified atom stereocenters. The van der Waals surface area contributed by atoms with Gasteiger partial charge in [0.1, 0.15) is 11.5 Å². The van der Waals surface area contributed by atoms with Crippen LogP contribution in [-0.4, -0.2) is 11.5 Å². The SMILES string of the molecule is Cc1cc(C(C)NCCc2ccncc2)c(C)o1. The Hall–Kier alpha value is -1.61. The van der Waals surface area contributed by atoms with Gasteiger partial charge in [0.05, 0.1) is 0 Å². The van der Waals surface area contributed by atoms with Gasteiger partial charge in [-0.2, -0.15) is 0 Å². The van der Waals surface area contributed by atoms with Crippen LogP contribution in [0.2, 0.25) is 0 Å². The van der Waals surface area contributed by atoms with E-state index in [9.17, 15) is 0 Å². The molecule has 0 radical (unpaired) electrons. The minimum absolute atomic E-state index is 0.323. The zero-order valence-electron chi connectivity index (χ0n) is 11.2. The molecule has 2 aromatic rings. The van der Waals surface area contributed by atoms with Crippen LogP contribution in [0.25, 0.3) is 0 Å². The van der Waals surface area contributed by atoms with Gasteiger partial charge in [-0.25, -0.2) is 0 Å². The van der Waals surface area contributed by atoms with Crippen LogP contribution in [0.1, 0.15) is 35.6 Å². The first-order chi connectivity index (χ1) is 8.66. The second kappa shape index (κ2) is 5.83. The Morgan fingerprint density at radius 2 is 2.00 bits per heavy atom. The molecule has 3 heteroatoms. The van der Waals surface area contributed by atoms with Crippen LogP contribution in [0.15, 0.2) is 35.0 Å². The highest BCUT2D eigenvalue weighted by atomic mass is 16.3. The first-order valence-corrected chi connectivity index (χ1v) is 6.36. The van der Waals surface area contributed by atoms with Crippen LogP contribution >= 0.6 is 0 Å². The van der Waals surface area contributed by atoms with Gasteiger partial charge in [-0.3, -0.25) is 4.98 Å². The first kappa shape index (κ1) is 12.8. The standard InChI is InChI=1S/C15H20N2O/c1-11-10-15(13(3)18-11)12(2)17-9-6-14-4-7-16-8-5-14/h4-5,7-8,10,12,17H,6,9H2,1-3H3. The molecule has 2 rings (SSSR count). The summed E-state index contributed by atoms with van der Waals surface area (Å²) in [6.07, 6.45) is 4.69. The quantitative estimate of drug-likeness (QED) is 0.877. The molecule has 0 aliphatic carbocycles. The van der Waals surface area contributed by atoms with Crippen molar-refractivity contribution in [2.45, 2.75) is 33.2 Å². The Morgan fingerprint density at radius 3 is 2.61 bits per heavy atom. The third kappa shape index (κ3) is 3.20. The maximum absolute atomic E-state index is 5.55. The number of aryl methyl sites for hydroxylation is 2. The smallest absolute Gasteiger partial charge is 0.105 e. The number of pyridine rings is 1. The van der Waals surface area contributed by atoms with Crippen molar-refractivity contribution in [1.29, 1.82) is 0 Å². The van der Waals surface area contributed by atoms with Gasteiger partial charge in [0.25, 0.3) is 0 Å². The lowest BCUT2D eigenvalue weighted by Crippen LogP contribution is -2.21. The predicted molar refractivity (Wildman–Crippen MR) is 72.5 cm³/mol. The maximum Gasteiger partial charge on any atom is 0.105 e. The first-order valence-electron chi connectivity index (χ1n) is 6.36. The summed E-state index contributed by atoms with van der Waals surface area (Å²) in [6.45, 7) is 7.13. The summed E-state index contributed by atoms with van der Waals surface area (Å²) in [5.74, 6) is 1.99. The fourth-order valence-corrected chi connectivity index (χ4v) is 2.17. The molecule has 0 fully saturated rings. The van der Waals surface area contributed by atoms with Crippen molar-refractivity contribution in [3.05, 3.63) is 53.2 Å². The molecule has 18 heavy (non-hydrogen) atoms. The van der Waals surface area contributed by atoms with Crippen molar-refractivity contribution < 1.29 is 4.42 Å². The molecule has 0 aliphatic heterocycles. The number of rotatable bonds is 5. The summed E-state index contributed by atoms with van der Waals surface area (Å²) in [7, 11) is 0. The summed E-state index contributed by atoms with van der Waals surface area (Å²) in [6, 6.07) is 6.54. The Balaban J connectivity index is 1.85. The van der Waals surface area contributed by atoms with Crippen LogP contribution in [0.3, 0.4) is 0 Å². The van der Waals surface area contributed by atoms with Gasteiger partial charge in [-0.05, 0) is 57.5 Å². The molecule has 0 spiro atoms. The minimum atomic E-state index is 0.323. The van der Waals surface area contributed by atoms with Crippen molar-refractivity contribution in [2.24, 2.45) is 0 Å². The average Bonchev–Trinajstić information content (AvgIpc) is 2.70. The van der Waals surface area contributed by atoms with Crippen molar-refractivity contribution in [3.63, 3.8) is 0 Å². The number of aromatic nitrogens is 1. The molecule has 1 N–H and O–H groups in total. The molecular weight excluding hydrogens is 224 g/mol. The molecule has 0 saturated heterocycles. The van der Waals surface area contributed by atoms with Crippen LogP contribution < -0.4 is 5.32 Å². The molecule has 3 nitrogen and oxygen atoms in total. The Morgan fingerprint density at radius 1 is 1.28 bits per heavy atom. The normalized spacial score (nSPS) is 12.6. The summed E-state index contributed by atoms with van der Waals surface area (Å²) in [5, 5.41) is 3.52. The molecular formula is C15H20N2O. The van der Waals surface area contributed by atoms with Gasteiger partial charge in [0.15, 0.2) is 0 Å². The monoisotopic (exact) mass is 244 g/mol. The third-order valence-corrected chi connectivity index (χ3v) is 3.16. The Kier molecular flexibility index (Phi) is 4.15. The highest BCUT2D eigenvalue weighted by Gasteiger charge is 2.11. The summed E-state index contributed by atoms with van der Waals surface area (Å²) in [5.41, 5.74) is 2.56. The number of furan rings is 1. The molecule has 96 valence electrons. The van der Waals surface area contributed by atoms with Crippen LogP contribution in [-0.2, 0) is 6.42 Å². The van der Waals surface area contributed by atoms with Crippen LogP contribution in [0, 0.1) is 13.8 Å². The number of nitrogens with one attached hydrogen (secondary N) is 1. The van der Waals surface area contributed by atoms with E-state index in [0.29, 0.717) is 6.04 Å². The lowest BCUT2D eigenvalue weighted by atomic mass is 10.1. The number of nitrogens with zero attached hydrogens (tertiary/aromatic N) is 1. The summed E-state index contributed by atoms with van der Waals surface area (Å²) >= 11 is 0. The lowest BCUT2D eigenvalue weighted by Gasteiger charge is -2.12. The van der Waals surface area contributed by atoms with Crippen LogP contribution in [0.4, 0.5) is 0 Å². The molecule has 2 heterocycles. The van der Waals surface area contributed by atoms with Gasteiger partial charge in [-0.15, -0.1) is 0 Å². The third-order valence-electron chi connectivity index (χ3n) is 3.16. The van der Waals surface area contributed by atoms with Crippen molar-refractivity contribution in [3.8, 4) is 0 Å². The van der Waals surface area contributed by atoms with Gasteiger partial charge in [0, 0.05) is 24.0 Å². The van der Waals surface area contributed by atoms with E-state index in [1.54, 1.807) is 0 Å². The molecule has 1 atom stereocenters. The number of hydrogen-bond donors (Lipinski definition) is 1. The van der Waals surface area contributed by atoms with E-state index in [2.05, 4.69) is 35.4 Å². The van der Waals surface area contributed by atoms with Gasteiger partial charge in [-0.1, -0.05) is 0 Å². The van der Waals surface area contributed by atoms with E-state index >= 15 is 0 Å². The van der Waals surface area contributed by atoms with Gasteiger partial charge in [0.2, 0.25) is 0 Å². The highest BCUT2D eigenvalue weighted by molar-refractivity contribution is 5.23. The van der Waals surface area contributed by atoms with E-state index in [4.69, 9.17) is 4.42 Å². The average molecular weight is 244 g/mol. The van der Waals surface area contributed by atoms with E-state index in [-0.39, 0.29) is 0 Å². The predicted octanol–water partition coefficient (Wildman–Crippen LogP) is 3.18. The topological polar surface area (TPSA) is 38.1 Å². The second-order valence-electron chi connectivity index (χ2n) is 4.65. The van der Waals surface area contributed by atoms with Gasteiger partial charge < -0.3 is 9.73 Å². The number of hydrogen-bond acceptors (Lipinski definition) is 3. The molecule has 0 aliphatic rings. The largest absolute Gasteiger partial charge is 0.466 e. The lowest BCUT2D eigenvalue weighted by molar-refractivity contribution is 0.490. The van der Waals surface area contributed by atoms with Crippen molar-refractivity contribution in [2.75, 3.05) is 6.54 Å². The fourth-order valence-electron chi connectivity index (χ4n) is 2.17. The molecule has 0 saturated carbocycles. The molecule has 0 bridgehead atoms. The molecule has 2 aromatic heterocycles. The molecule has 0 amide bonds. The van der Waals surface area contributed by atoms with E-state index in [0.717, 1.165) is 24.5 Å². The second-order valence-corrected chi connectivity index (χ2v) is 4.65. The Labute approximate surface area is 108 Å². The van der Waals surface area contributed by atoms with E-state index in [1.807, 2.05) is 26.2 Å². The van der Waals surface area contributed by atoms with E-state index in [1.165, 1.54) is 11.1 Å². The van der Waals surface area contributed by atoms with E-state index < -0.39 is 0 Å². The van der Waals surface area contributed by atoms with Crippen molar-refractivity contribution in [1.82, 2.24) is 10.3 Å². The molecule has 0 aromatic carbocycles. The minimum Gasteiger partial charge on any atom is -0.466 e. The van der Waals surface area contributed by atoms with Crippen LogP contribution in [0.5, 0.6) is 0 Å².